The second-order valence-corrected chi connectivity index (χ2v) is 6.30. The Labute approximate surface area is 105 Å². The van der Waals surface area contributed by atoms with Crippen LogP contribution in [0.5, 0.6) is 0 Å². The fourth-order valence-corrected chi connectivity index (χ4v) is 2.80. The maximum absolute atomic E-state index is 3.47. The summed E-state index contributed by atoms with van der Waals surface area (Å²) in [4.78, 5) is 1.39. The van der Waals surface area contributed by atoms with E-state index in [0.717, 1.165) is 26.2 Å². The fourth-order valence-electron chi connectivity index (χ4n) is 1.35. The summed E-state index contributed by atoms with van der Waals surface area (Å²) in [5, 5.41) is 6.83. The summed E-state index contributed by atoms with van der Waals surface area (Å²) in [6.45, 7) is 8.61. The van der Waals surface area contributed by atoms with Crippen LogP contribution in [0.1, 0.15) is 18.7 Å². The lowest BCUT2D eigenvalue weighted by molar-refractivity contribution is 0.480. The van der Waals surface area contributed by atoms with Crippen molar-refractivity contribution in [3.8, 4) is 0 Å². The molecular weight excluding hydrogens is 272 g/mol. The monoisotopic (exact) mass is 290 g/mol. The van der Waals surface area contributed by atoms with Gasteiger partial charge in [0.05, 0.1) is 3.79 Å². The molecule has 0 aliphatic rings. The molecule has 1 heterocycles. The maximum Gasteiger partial charge on any atom is 0.0701 e. The van der Waals surface area contributed by atoms with Crippen molar-refractivity contribution in [2.75, 3.05) is 19.6 Å². The van der Waals surface area contributed by atoms with E-state index >= 15 is 0 Å². The molecule has 0 aromatic carbocycles. The Hall–Kier alpha value is 0.1000. The van der Waals surface area contributed by atoms with E-state index in [1.54, 1.807) is 11.3 Å². The highest BCUT2D eigenvalue weighted by molar-refractivity contribution is 9.11. The van der Waals surface area contributed by atoms with Gasteiger partial charge >= 0.3 is 0 Å². The lowest BCUT2D eigenvalue weighted by atomic mass is 10.2. The van der Waals surface area contributed by atoms with Gasteiger partial charge in [-0.25, -0.2) is 0 Å². The fraction of sp³-hybridized carbons (Fsp3) is 0.636. The minimum Gasteiger partial charge on any atom is -0.317 e. The van der Waals surface area contributed by atoms with Crippen LogP contribution in [-0.2, 0) is 6.54 Å². The van der Waals surface area contributed by atoms with E-state index in [2.05, 4.69) is 52.5 Å². The van der Waals surface area contributed by atoms with Crippen LogP contribution in [0.15, 0.2) is 15.9 Å². The van der Waals surface area contributed by atoms with Gasteiger partial charge in [-0.05, 0) is 53.6 Å². The first kappa shape index (κ1) is 13.2. The van der Waals surface area contributed by atoms with Crippen molar-refractivity contribution in [1.82, 2.24) is 10.6 Å². The van der Waals surface area contributed by atoms with Gasteiger partial charge in [-0.2, -0.15) is 0 Å². The Bertz CT molecular complexity index is 275. The van der Waals surface area contributed by atoms with Crippen molar-refractivity contribution in [2.24, 2.45) is 5.92 Å². The van der Waals surface area contributed by atoms with Gasteiger partial charge in [-0.1, -0.05) is 13.8 Å². The van der Waals surface area contributed by atoms with Gasteiger partial charge in [0.25, 0.3) is 0 Å². The smallest absolute Gasteiger partial charge is 0.0701 e. The van der Waals surface area contributed by atoms with E-state index in [1.165, 1.54) is 8.66 Å². The Kier molecular flexibility index (Phi) is 6.48. The van der Waals surface area contributed by atoms with Crippen molar-refractivity contribution in [3.05, 3.63) is 20.8 Å². The molecule has 0 saturated carbocycles. The van der Waals surface area contributed by atoms with Gasteiger partial charge in [-0.3, -0.25) is 0 Å². The second kappa shape index (κ2) is 7.39. The van der Waals surface area contributed by atoms with Crippen molar-refractivity contribution in [2.45, 2.75) is 20.4 Å². The molecule has 1 rings (SSSR count). The Morgan fingerprint density at radius 3 is 2.67 bits per heavy atom. The van der Waals surface area contributed by atoms with Crippen LogP contribution in [0, 0.1) is 5.92 Å². The number of halogens is 1. The van der Waals surface area contributed by atoms with E-state index in [9.17, 15) is 0 Å². The highest BCUT2D eigenvalue weighted by Crippen LogP contribution is 2.21. The van der Waals surface area contributed by atoms with Gasteiger partial charge in [0.15, 0.2) is 0 Å². The Morgan fingerprint density at radius 2 is 2.07 bits per heavy atom. The van der Waals surface area contributed by atoms with Crippen LogP contribution in [-0.4, -0.2) is 19.6 Å². The van der Waals surface area contributed by atoms with Gasteiger partial charge in [0.1, 0.15) is 0 Å². The second-order valence-electron chi connectivity index (χ2n) is 3.75. The van der Waals surface area contributed by atoms with Gasteiger partial charge in [0, 0.05) is 11.4 Å². The summed E-state index contributed by atoms with van der Waals surface area (Å²) < 4.78 is 1.21. The Balaban J connectivity index is 2.10. The predicted molar refractivity (Wildman–Crippen MR) is 71.4 cm³/mol. The number of hydrogen-bond donors (Lipinski definition) is 2. The zero-order valence-electron chi connectivity index (χ0n) is 9.35. The molecule has 1 atom stereocenters. The molecule has 0 amide bonds. The minimum atomic E-state index is 0.688. The van der Waals surface area contributed by atoms with Crippen LogP contribution in [0.2, 0.25) is 0 Å². The molecule has 1 aromatic heterocycles. The number of nitrogens with one attached hydrogen (secondary N) is 2. The van der Waals surface area contributed by atoms with Crippen LogP contribution in [0.3, 0.4) is 0 Å². The first-order valence-corrected chi connectivity index (χ1v) is 6.99. The largest absolute Gasteiger partial charge is 0.317 e. The standard InChI is InChI=1S/C11H19BrN2S/c1-3-13-6-9(2)7-14-8-10-4-5-11(12)15-10/h4-5,9,13-14H,3,6-8H2,1-2H3. The molecule has 0 aliphatic carbocycles. The molecule has 0 bridgehead atoms. The number of hydrogen-bond acceptors (Lipinski definition) is 3. The van der Waals surface area contributed by atoms with Crippen LogP contribution in [0.25, 0.3) is 0 Å². The molecule has 2 nitrogen and oxygen atoms in total. The average Bonchev–Trinajstić information content (AvgIpc) is 2.61. The predicted octanol–water partition coefficient (Wildman–Crippen LogP) is 2.85. The Morgan fingerprint density at radius 1 is 1.33 bits per heavy atom. The zero-order valence-corrected chi connectivity index (χ0v) is 11.7. The normalized spacial score (nSPS) is 13.0. The summed E-state index contributed by atoms with van der Waals surface area (Å²) in [6, 6.07) is 4.26. The van der Waals surface area contributed by atoms with Gasteiger partial charge in [0.2, 0.25) is 0 Å². The molecule has 1 aromatic rings. The summed E-state index contributed by atoms with van der Waals surface area (Å²) in [6.07, 6.45) is 0. The third-order valence-corrected chi connectivity index (χ3v) is 3.79. The van der Waals surface area contributed by atoms with E-state index in [0.29, 0.717) is 5.92 Å². The van der Waals surface area contributed by atoms with Crippen LogP contribution < -0.4 is 10.6 Å². The lowest BCUT2D eigenvalue weighted by Gasteiger charge is -2.12. The van der Waals surface area contributed by atoms with Crippen molar-refractivity contribution in [3.63, 3.8) is 0 Å². The van der Waals surface area contributed by atoms with Gasteiger partial charge < -0.3 is 10.6 Å². The van der Waals surface area contributed by atoms with E-state index in [1.807, 2.05) is 0 Å². The maximum atomic E-state index is 3.47. The molecule has 0 radical (unpaired) electrons. The molecule has 0 fully saturated rings. The van der Waals surface area contributed by atoms with Crippen LogP contribution in [0.4, 0.5) is 0 Å². The molecule has 0 spiro atoms. The topological polar surface area (TPSA) is 24.1 Å². The minimum absolute atomic E-state index is 0.688. The molecule has 0 saturated heterocycles. The summed E-state index contributed by atoms with van der Waals surface area (Å²) in [7, 11) is 0. The number of thiophene rings is 1. The average molecular weight is 291 g/mol. The van der Waals surface area contributed by atoms with E-state index in [-0.39, 0.29) is 0 Å². The zero-order chi connectivity index (χ0) is 11.1. The van der Waals surface area contributed by atoms with Crippen molar-refractivity contribution < 1.29 is 0 Å². The lowest BCUT2D eigenvalue weighted by Crippen LogP contribution is -2.29. The molecule has 0 aliphatic heterocycles. The molecular formula is C11H19BrN2S. The first-order valence-electron chi connectivity index (χ1n) is 5.38. The summed E-state index contributed by atoms with van der Waals surface area (Å²) in [5.41, 5.74) is 0. The first-order chi connectivity index (χ1) is 7.22. The summed E-state index contributed by atoms with van der Waals surface area (Å²) in [5.74, 6) is 0.688. The number of rotatable bonds is 7. The highest BCUT2D eigenvalue weighted by Gasteiger charge is 2.01. The SMILES string of the molecule is CCNCC(C)CNCc1ccc(Br)s1. The molecule has 86 valence electrons. The third kappa shape index (κ3) is 5.66. The molecule has 15 heavy (non-hydrogen) atoms. The molecule has 2 N–H and O–H groups in total. The molecule has 4 heteroatoms. The molecule has 1 unspecified atom stereocenters. The summed E-state index contributed by atoms with van der Waals surface area (Å²) >= 11 is 5.26. The van der Waals surface area contributed by atoms with E-state index < -0.39 is 0 Å². The third-order valence-electron chi connectivity index (χ3n) is 2.16. The van der Waals surface area contributed by atoms with Crippen LogP contribution >= 0.6 is 27.3 Å². The van der Waals surface area contributed by atoms with Gasteiger partial charge in [-0.15, -0.1) is 11.3 Å². The highest BCUT2D eigenvalue weighted by atomic mass is 79.9. The van der Waals surface area contributed by atoms with E-state index in [4.69, 9.17) is 0 Å². The van der Waals surface area contributed by atoms with Crippen molar-refractivity contribution in [1.29, 1.82) is 0 Å². The quantitative estimate of drug-likeness (QED) is 0.807. The van der Waals surface area contributed by atoms with Crippen molar-refractivity contribution >= 4 is 27.3 Å².